The van der Waals surface area contributed by atoms with Crippen LogP contribution in [0.3, 0.4) is 0 Å². The zero-order valence-electron chi connectivity index (χ0n) is 8.66. The van der Waals surface area contributed by atoms with Gasteiger partial charge < -0.3 is 10.5 Å². The summed E-state index contributed by atoms with van der Waals surface area (Å²) in [5, 5.41) is 7.45. The molecule has 0 atom stereocenters. The van der Waals surface area contributed by atoms with E-state index >= 15 is 0 Å². The summed E-state index contributed by atoms with van der Waals surface area (Å²) in [7, 11) is 1.56. The molecule has 0 spiro atoms. The number of methoxy groups -OCH3 is 1. The molecule has 0 fully saturated rings. The highest BCUT2D eigenvalue weighted by Gasteiger charge is 2.07. The minimum Gasteiger partial charge on any atom is -0.479 e. The molecule has 78 valence electrons. The lowest BCUT2D eigenvalue weighted by Crippen LogP contribution is -2.05. The van der Waals surface area contributed by atoms with Gasteiger partial charge in [-0.1, -0.05) is 19.8 Å². The summed E-state index contributed by atoms with van der Waals surface area (Å²) < 4.78 is 5.04. The average Bonchev–Trinajstić information content (AvgIpc) is 2.19. The molecule has 0 aliphatic carbocycles. The van der Waals surface area contributed by atoms with Crippen molar-refractivity contribution in [2.24, 2.45) is 0 Å². The van der Waals surface area contributed by atoms with Crippen molar-refractivity contribution in [3.05, 3.63) is 5.69 Å². The Kier molecular flexibility index (Phi) is 4.10. The second-order valence-electron chi connectivity index (χ2n) is 3.08. The van der Waals surface area contributed by atoms with E-state index < -0.39 is 0 Å². The molecule has 0 bridgehead atoms. The van der Waals surface area contributed by atoms with Gasteiger partial charge in [-0.25, -0.2) is 4.98 Å². The lowest BCUT2D eigenvalue weighted by Gasteiger charge is -2.05. The van der Waals surface area contributed by atoms with Gasteiger partial charge in [0.25, 0.3) is 5.88 Å². The minimum absolute atomic E-state index is 0.206. The maximum Gasteiger partial charge on any atom is 0.255 e. The van der Waals surface area contributed by atoms with E-state index in [1.54, 1.807) is 7.11 Å². The standard InChI is InChI=1S/C9H16N4O/c1-3-4-5-6-7-8(14-2)12-13-9(10)11-7/h3-6H2,1-2H3,(H2,10,11,13). The number of aryl methyl sites for hydroxylation is 1. The molecule has 1 heterocycles. The van der Waals surface area contributed by atoms with Gasteiger partial charge in [-0.15, -0.1) is 10.2 Å². The normalized spacial score (nSPS) is 10.1. The Morgan fingerprint density at radius 1 is 1.29 bits per heavy atom. The van der Waals surface area contributed by atoms with Gasteiger partial charge in [-0.3, -0.25) is 0 Å². The fourth-order valence-corrected chi connectivity index (χ4v) is 1.23. The Labute approximate surface area is 83.7 Å². The first kappa shape index (κ1) is 10.7. The maximum atomic E-state index is 5.45. The van der Waals surface area contributed by atoms with Crippen LogP contribution in [-0.4, -0.2) is 22.3 Å². The SMILES string of the molecule is CCCCCc1nc(N)nnc1OC. The first-order chi connectivity index (χ1) is 6.77. The summed E-state index contributed by atoms with van der Waals surface area (Å²) in [6.45, 7) is 2.16. The van der Waals surface area contributed by atoms with Gasteiger partial charge in [0.1, 0.15) is 5.69 Å². The van der Waals surface area contributed by atoms with Gasteiger partial charge in [0, 0.05) is 0 Å². The number of nitrogen functional groups attached to an aromatic ring is 1. The molecule has 0 amide bonds. The summed E-state index contributed by atoms with van der Waals surface area (Å²) in [5.41, 5.74) is 6.25. The highest BCUT2D eigenvalue weighted by molar-refractivity contribution is 5.23. The van der Waals surface area contributed by atoms with Crippen LogP contribution in [0.5, 0.6) is 5.88 Å². The number of aromatic nitrogens is 3. The molecule has 0 radical (unpaired) electrons. The molecule has 1 rings (SSSR count). The van der Waals surface area contributed by atoms with Gasteiger partial charge in [-0.2, -0.15) is 0 Å². The van der Waals surface area contributed by atoms with Crippen LogP contribution in [0.15, 0.2) is 0 Å². The zero-order chi connectivity index (χ0) is 10.4. The predicted octanol–water partition coefficient (Wildman–Crippen LogP) is 1.20. The second kappa shape index (κ2) is 5.36. The van der Waals surface area contributed by atoms with Gasteiger partial charge >= 0.3 is 0 Å². The average molecular weight is 196 g/mol. The van der Waals surface area contributed by atoms with Crippen LogP contribution < -0.4 is 10.5 Å². The van der Waals surface area contributed by atoms with Crippen molar-refractivity contribution in [2.45, 2.75) is 32.6 Å². The number of unbranched alkanes of at least 4 members (excludes halogenated alkanes) is 2. The van der Waals surface area contributed by atoms with E-state index in [1.165, 1.54) is 12.8 Å². The lowest BCUT2D eigenvalue weighted by atomic mass is 10.1. The number of rotatable bonds is 5. The summed E-state index contributed by atoms with van der Waals surface area (Å²) in [6, 6.07) is 0. The molecule has 1 aromatic heterocycles. The maximum absolute atomic E-state index is 5.45. The molecule has 0 aliphatic heterocycles. The monoisotopic (exact) mass is 196 g/mol. The van der Waals surface area contributed by atoms with E-state index in [4.69, 9.17) is 10.5 Å². The Hall–Kier alpha value is -1.39. The van der Waals surface area contributed by atoms with E-state index in [0.29, 0.717) is 5.88 Å². The molecule has 1 aromatic rings. The number of ether oxygens (including phenoxy) is 1. The van der Waals surface area contributed by atoms with Crippen molar-refractivity contribution in [3.8, 4) is 5.88 Å². The van der Waals surface area contributed by atoms with Gasteiger partial charge in [0.2, 0.25) is 5.95 Å². The number of hydrogen-bond acceptors (Lipinski definition) is 5. The quantitative estimate of drug-likeness (QED) is 0.716. The lowest BCUT2D eigenvalue weighted by molar-refractivity contribution is 0.382. The molecule has 0 aliphatic rings. The molecule has 14 heavy (non-hydrogen) atoms. The van der Waals surface area contributed by atoms with E-state index in [0.717, 1.165) is 18.5 Å². The van der Waals surface area contributed by atoms with E-state index in [2.05, 4.69) is 22.1 Å². The summed E-state index contributed by atoms with van der Waals surface area (Å²) in [4.78, 5) is 4.09. The topological polar surface area (TPSA) is 73.9 Å². The Balaban J connectivity index is 2.67. The second-order valence-corrected chi connectivity index (χ2v) is 3.08. The van der Waals surface area contributed by atoms with Crippen LogP contribution in [0, 0.1) is 0 Å². The molecular weight excluding hydrogens is 180 g/mol. The van der Waals surface area contributed by atoms with Crippen molar-refractivity contribution < 1.29 is 4.74 Å². The summed E-state index contributed by atoms with van der Waals surface area (Å²) in [5.74, 6) is 0.688. The van der Waals surface area contributed by atoms with Gasteiger partial charge in [-0.05, 0) is 12.8 Å². The Morgan fingerprint density at radius 3 is 2.71 bits per heavy atom. The van der Waals surface area contributed by atoms with E-state index in [1.807, 2.05) is 0 Å². The third kappa shape index (κ3) is 2.83. The first-order valence-corrected chi connectivity index (χ1v) is 4.81. The largest absolute Gasteiger partial charge is 0.479 e. The fourth-order valence-electron chi connectivity index (χ4n) is 1.23. The molecule has 2 N–H and O–H groups in total. The van der Waals surface area contributed by atoms with Crippen LogP contribution >= 0.6 is 0 Å². The van der Waals surface area contributed by atoms with Crippen molar-refractivity contribution in [3.63, 3.8) is 0 Å². The first-order valence-electron chi connectivity index (χ1n) is 4.81. The van der Waals surface area contributed by atoms with E-state index in [9.17, 15) is 0 Å². The molecule has 5 nitrogen and oxygen atoms in total. The van der Waals surface area contributed by atoms with Crippen LogP contribution in [0.2, 0.25) is 0 Å². The number of nitrogens with zero attached hydrogens (tertiary/aromatic N) is 3. The zero-order valence-corrected chi connectivity index (χ0v) is 8.66. The summed E-state index contributed by atoms with van der Waals surface area (Å²) >= 11 is 0. The number of nitrogens with two attached hydrogens (primary N) is 1. The number of anilines is 1. The van der Waals surface area contributed by atoms with Gasteiger partial charge in [0.05, 0.1) is 7.11 Å². The highest BCUT2D eigenvalue weighted by Crippen LogP contribution is 2.14. The third-order valence-corrected chi connectivity index (χ3v) is 1.95. The van der Waals surface area contributed by atoms with Crippen LogP contribution in [-0.2, 0) is 6.42 Å². The Morgan fingerprint density at radius 2 is 2.07 bits per heavy atom. The third-order valence-electron chi connectivity index (χ3n) is 1.95. The van der Waals surface area contributed by atoms with Crippen LogP contribution in [0.1, 0.15) is 31.9 Å². The van der Waals surface area contributed by atoms with E-state index in [-0.39, 0.29) is 5.95 Å². The number of hydrogen-bond donors (Lipinski definition) is 1. The van der Waals surface area contributed by atoms with Gasteiger partial charge in [0.15, 0.2) is 0 Å². The van der Waals surface area contributed by atoms with Crippen LogP contribution in [0.25, 0.3) is 0 Å². The molecule has 0 saturated heterocycles. The molecule has 0 saturated carbocycles. The highest BCUT2D eigenvalue weighted by atomic mass is 16.5. The Bertz CT molecular complexity index is 290. The molecular formula is C9H16N4O. The molecule has 0 unspecified atom stereocenters. The van der Waals surface area contributed by atoms with Crippen molar-refractivity contribution in [1.29, 1.82) is 0 Å². The predicted molar refractivity (Wildman–Crippen MR) is 54.0 cm³/mol. The fraction of sp³-hybridized carbons (Fsp3) is 0.667. The van der Waals surface area contributed by atoms with Crippen molar-refractivity contribution >= 4 is 5.95 Å². The summed E-state index contributed by atoms with van der Waals surface area (Å²) in [6.07, 6.45) is 4.27. The van der Waals surface area contributed by atoms with Crippen molar-refractivity contribution in [2.75, 3.05) is 12.8 Å². The smallest absolute Gasteiger partial charge is 0.255 e. The minimum atomic E-state index is 0.206. The van der Waals surface area contributed by atoms with Crippen LogP contribution in [0.4, 0.5) is 5.95 Å². The molecule has 0 aromatic carbocycles. The van der Waals surface area contributed by atoms with Crippen molar-refractivity contribution in [1.82, 2.24) is 15.2 Å². The molecule has 5 heteroatoms.